The van der Waals surface area contributed by atoms with Gasteiger partial charge in [-0.05, 0) is 31.0 Å². The van der Waals surface area contributed by atoms with Crippen molar-refractivity contribution in [2.75, 3.05) is 6.61 Å². The summed E-state index contributed by atoms with van der Waals surface area (Å²) in [4.78, 5) is 24.5. The van der Waals surface area contributed by atoms with Crippen LogP contribution in [0.15, 0.2) is 22.7 Å². The van der Waals surface area contributed by atoms with E-state index < -0.39 is 23.5 Å². The summed E-state index contributed by atoms with van der Waals surface area (Å²) >= 11 is 3.35. The van der Waals surface area contributed by atoms with Crippen LogP contribution in [0.2, 0.25) is 0 Å². The van der Waals surface area contributed by atoms with Crippen LogP contribution in [0.1, 0.15) is 24.3 Å². The molecule has 1 aliphatic heterocycles. The molecule has 5 nitrogen and oxygen atoms in total. The maximum Gasteiger partial charge on any atom is 0.245 e. The number of rotatable bonds is 4. The standard InChI is InChI=1S/C15H13BrN2O3/c16-8-1-4-13-10(5-8)12(7-21-13)14(19)11(6-17)15(20)18-9-2-3-9/h1,4-5,9,11-12H,2-3,7H2,(H,18,20)/t11-,12+/m0/s1. The van der Waals surface area contributed by atoms with E-state index in [1.54, 1.807) is 12.1 Å². The van der Waals surface area contributed by atoms with Gasteiger partial charge in [-0.15, -0.1) is 0 Å². The molecule has 1 saturated carbocycles. The van der Waals surface area contributed by atoms with Gasteiger partial charge < -0.3 is 10.1 Å². The van der Waals surface area contributed by atoms with Crippen LogP contribution < -0.4 is 10.1 Å². The highest BCUT2D eigenvalue weighted by molar-refractivity contribution is 9.10. The van der Waals surface area contributed by atoms with Crippen molar-refractivity contribution >= 4 is 27.6 Å². The predicted octanol–water partition coefficient (Wildman–Crippen LogP) is 1.91. The molecule has 1 aromatic rings. The summed E-state index contributed by atoms with van der Waals surface area (Å²) in [6.45, 7) is 0.180. The Hall–Kier alpha value is -1.87. The molecule has 2 aliphatic rings. The van der Waals surface area contributed by atoms with Gasteiger partial charge >= 0.3 is 0 Å². The topological polar surface area (TPSA) is 79.2 Å². The minimum Gasteiger partial charge on any atom is -0.492 e. The van der Waals surface area contributed by atoms with Crippen LogP contribution in [-0.2, 0) is 9.59 Å². The second-order valence-corrected chi connectivity index (χ2v) is 6.21. The number of benzene rings is 1. The van der Waals surface area contributed by atoms with Crippen molar-refractivity contribution in [3.05, 3.63) is 28.2 Å². The zero-order valence-corrected chi connectivity index (χ0v) is 12.7. The molecule has 0 bridgehead atoms. The molecule has 1 aromatic carbocycles. The van der Waals surface area contributed by atoms with Gasteiger partial charge in [0, 0.05) is 16.1 Å². The maximum atomic E-state index is 12.5. The maximum absolute atomic E-state index is 12.5. The Morgan fingerprint density at radius 3 is 2.86 bits per heavy atom. The van der Waals surface area contributed by atoms with E-state index in [0.29, 0.717) is 5.75 Å². The van der Waals surface area contributed by atoms with Crippen molar-refractivity contribution in [2.45, 2.75) is 24.8 Å². The Kier molecular flexibility index (Phi) is 3.68. The number of halogens is 1. The minimum atomic E-state index is -1.27. The highest BCUT2D eigenvalue weighted by atomic mass is 79.9. The number of ketones is 1. The third-order valence-electron chi connectivity index (χ3n) is 3.70. The second kappa shape index (κ2) is 5.49. The van der Waals surface area contributed by atoms with E-state index >= 15 is 0 Å². The van der Waals surface area contributed by atoms with Crippen LogP contribution in [0.3, 0.4) is 0 Å². The van der Waals surface area contributed by atoms with Crippen LogP contribution in [-0.4, -0.2) is 24.3 Å². The molecule has 1 heterocycles. The van der Waals surface area contributed by atoms with Gasteiger partial charge in [-0.3, -0.25) is 9.59 Å². The number of nitriles is 1. The molecule has 0 saturated heterocycles. The molecule has 6 heteroatoms. The van der Waals surface area contributed by atoms with Crippen molar-refractivity contribution in [1.82, 2.24) is 5.32 Å². The van der Waals surface area contributed by atoms with Gasteiger partial charge in [0.1, 0.15) is 12.4 Å². The Morgan fingerprint density at radius 1 is 1.43 bits per heavy atom. The van der Waals surface area contributed by atoms with Crippen molar-refractivity contribution in [1.29, 1.82) is 5.26 Å². The lowest BCUT2D eigenvalue weighted by Gasteiger charge is -2.13. The zero-order valence-electron chi connectivity index (χ0n) is 11.1. The number of nitrogens with one attached hydrogen (secondary N) is 1. The lowest BCUT2D eigenvalue weighted by Crippen LogP contribution is -2.38. The fraction of sp³-hybridized carbons (Fsp3) is 0.400. The molecule has 108 valence electrons. The smallest absolute Gasteiger partial charge is 0.245 e. The number of carbonyl (C=O) groups excluding carboxylic acids is 2. The SMILES string of the molecule is N#C[C@H](C(=O)NC1CC1)C(=O)[C@@H]1COc2ccc(Br)cc21. The number of amides is 1. The number of ether oxygens (including phenoxy) is 1. The Bertz CT molecular complexity index is 649. The zero-order chi connectivity index (χ0) is 15.0. The summed E-state index contributed by atoms with van der Waals surface area (Å²) in [5, 5.41) is 11.9. The number of nitrogens with zero attached hydrogens (tertiary/aromatic N) is 1. The van der Waals surface area contributed by atoms with Gasteiger partial charge in [0.15, 0.2) is 11.7 Å². The van der Waals surface area contributed by atoms with Crippen LogP contribution in [0, 0.1) is 17.2 Å². The second-order valence-electron chi connectivity index (χ2n) is 5.29. The molecule has 21 heavy (non-hydrogen) atoms. The first kappa shape index (κ1) is 14.1. The van der Waals surface area contributed by atoms with Gasteiger partial charge in [-0.2, -0.15) is 5.26 Å². The number of fused-ring (bicyclic) bond motifs is 1. The summed E-state index contributed by atoms with van der Waals surface area (Å²) in [5.41, 5.74) is 0.730. The summed E-state index contributed by atoms with van der Waals surface area (Å²) in [7, 11) is 0. The van der Waals surface area contributed by atoms with E-state index in [2.05, 4.69) is 21.2 Å². The quantitative estimate of drug-likeness (QED) is 0.843. The number of carbonyl (C=O) groups is 2. The average Bonchev–Trinajstić information content (AvgIpc) is 3.16. The molecule has 0 radical (unpaired) electrons. The number of Topliss-reactive ketones (excluding diaryl/α,β-unsaturated/α-hetero) is 1. The van der Waals surface area contributed by atoms with E-state index in [0.717, 1.165) is 22.9 Å². The highest BCUT2D eigenvalue weighted by Crippen LogP contribution is 2.37. The largest absolute Gasteiger partial charge is 0.492 e. The predicted molar refractivity (Wildman–Crippen MR) is 77.7 cm³/mol. The van der Waals surface area contributed by atoms with Gasteiger partial charge in [0.25, 0.3) is 0 Å². The van der Waals surface area contributed by atoms with Crippen LogP contribution in [0.25, 0.3) is 0 Å². The monoisotopic (exact) mass is 348 g/mol. The van der Waals surface area contributed by atoms with Gasteiger partial charge in [0.05, 0.1) is 12.0 Å². The molecule has 3 rings (SSSR count). The van der Waals surface area contributed by atoms with Crippen LogP contribution in [0.4, 0.5) is 0 Å². The number of hydrogen-bond donors (Lipinski definition) is 1. The summed E-state index contributed by atoms with van der Waals surface area (Å²) in [6.07, 6.45) is 1.83. The third kappa shape index (κ3) is 2.79. The minimum absolute atomic E-state index is 0.127. The first-order valence-electron chi connectivity index (χ1n) is 6.76. The first-order valence-corrected chi connectivity index (χ1v) is 7.55. The van der Waals surface area contributed by atoms with Crippen LogP contribution >= 0.6 is 15.9 Å². The molecule has 1 N–H and O–H groups in total. The van der Waals surface area contributed by atoms with Gasteiger partial charge in [-0.1, -0.05) is 15.9 Å². The Balaban J connectivity index is 1.80. The molecule has 2 atom stereocenters. The van der Waals surface area contributed by atoms with Crippen molar-refractivity contribution in [2.24, 2.45) is 5.92 Å². The van der Waals surface area contributed by atoms with E-state index in [1.165, 1.54) is 0 Å². The average molecular weight is 349 g/mol. The van der Waals surface area contributed by atoms with E-state index in [9.17, 15) is 14.9 Å². The van der Waals surface area contributed by atoms with Crippen molar-refractivity contribution in [3.8, 4) is 11.8 Å². The summed E-state index contributed by atoms with van der Waals surface area (Å²) < 4.78 is 6.31. The van der Waals surface area contributed by atoms with E-state index in [1.807, 2.05) is 12.1 Å². The lowest BCUT2D eigenvalue weighted by atomic mass is 9.89. The Labute approximate surface area is 130 Å². The summed E-state index contributed by atoms with van der Waals surface area (Å²) in [5.74, 6) is -2.09. The lowest BCUT2D eigenvalue weighted by molar-refractivity contribution is -0.132. The fourth-order valence-electron chi connectivity index (χ4n) is 2.39. The molecular formula is C15H13BrN2O3. The molecule has 0 aromatic heterocycles. The molecule has 0 unspecified atom stereocenters. The van der Waals surface area contributed by atoms with Crippen molar-refractivity contribution in [3.63, 3.8) is 0 Å². The molecule has 0 spiro atoms. The molecular weight excluding hydrogens is 336 g/mol. The van der Waals surface area contributed by atoms with Gasteiger partial charge in [0.2, 0.25) is 5.91 Å². The summed E-state index contributed by atoms with van der Waals surface area (Å²) in [6, 6.07) is 7.36. The fourth-order valence-corrected chi connectivity index (χ4v) is 2.76. The normalized spacial score (nSPS) is 20.9. The number of hydrogen-bond acceptors (Lipinski definition) is 4. The van der Waals surface area contributed by atoms with Crippen LogP contribution in [0.5, 0.6) is 5.75 Å². The molecule has 1 amide bonds. The van der Waals surface area contributed by atoms with E-state index in [-0.39, 0.29) is 12.6 Å². The third-order valence-corrected chi connectivity index (χ3v) is 4.19. The van der Waals surface area contributed by atoms with E-state index in [4.69, 9.17) is 4.74 Å². The Morgan fingerprint density at radius 2 is 2.19 bits per heavy atom. The van der Waals surface area contributed by atoms with Gasteiger partial charge in [-0.25, -0.2) is 0 Å². The molecule has 1 aliphatic carbocycles. The highest BCUT2D eigenvalue weighted by Gasteiger charge is 2.39. The molecule has 1 fully saturated rings. The van der Waals surface area contributed by atoms with Crippen molar-refractivity contribution < 1.29 is 14.3 Å². The first-order chi connectivity index (χ1) is 10.1.